The minimum atomic E-state index is 0.0970. The molecule has 0 aromatic carbocycles. The van der Waals surface area contributed by atoms with Gasteiger partial charge < -0.3 is 14.1 Å². The average Bonchev–Trinajstić information content (AvgIpc) is 2.98. The Hall–Kier alpha value is -1.40. The van der Waals surface area contributed by atoms with Crippen LogP contribution in [-0.2, 0) is 4.74 Å². The van der Waals surface area contributed by atoms with Crippen molar-refractivity contribution in [1.82, 2.24) is 9.36 Å². The van der Waals surface area contributed by atoms with Gasteiger partial charge in [-0.1, -0.05) is 0 Å². The zero-order valence-electron chi connectivity index (χ0n) is 10.4. The van der Waals surface area contributed by atoms with E-state index < -0.39 is 0 Å². The van der Waals surface area contributed by atoms with E-state index in [4.69, 9.17) is 9.15 Å². The van der Waals surface area contributed by atoms with Crippen LogP contribution in [-0.4, -0.2) is 29.1 Å². The second-order valence-corrected chi connectivity index (χ2v) is 5.09. The van der Waals surface area contributed by atoms with Gasteiger partial charge in [0.1, 0.15) is 23.4 Å². The summed E-state index contributed by atoms with van der Waals surface area (Å²) < 4.78 is 15.5. The first-order chi connectivity index (χ1) is 8.74. The lowest BCUT2D eigenvalue weighted by molar-refractivity contribution is 0.0874. The van der Waals surface area contributed by atoms with Gasteiger partial charge in [-0.15, -0.1) is 0 Å². The summed E-state index contributed by atoms with van der Waals surface area (Å²) in [6.45, 7) is 6.03. The second kappa shape index (κ2) is 4.70. The fourth-order valence-electron chi connectivity index (χ4n) is 2.10. The predicted octanol–water partition coefficient (Wildman–Crippen LogP) is 2.33. The van der Waals surface area contributed by atoms with Crippen molar-refractivity contribution in [2.24, 2.45) is 0 Å². The van der Waals surface area contributed by atoms with E-state index in [-0.39, 0.29) is 6.04 Å². The van der Waals surface area contributed by atoms with Gasteiger partial charge in [-0.3, -0.25) is 0 Å². The van der Waals surface area contributed by atoms with E-state index in [9.17, 15) is 0 Å². The molecule has 1 saturated heterocycles. The Bertz CT molecular complexity index is 489. The molecule has 6 heteroatoms. The standard InChI is InChI=1S/C12H15N3O2S/c1-8-3-4-11(17-8)10-7-16-6-5-15(10)12-13-9(2)14-18-12/h3-4,10H,5-7H2,1-2H3. The molecule has 0 saturated carbocycles. The third-order valence-electron chi connectivity index (χ3n) is 2.98. The highest BCUT2D eigenvalue weighted by atomic mass is 32.1. The van der Waals surface area contributed by atoms with Crippen molar-refractivity contribution in [1.29, 1.82) is 0 Å². The smallest absolute Gasteiger partial charge is 0.205 e. The summed E-state index contributed by atoms with van der Waals surface area (Å²) in [7, 11) is 0. The van der Waals surface area contributed by atoms with E-state index in [1.165, 1.54) is 11.5 Å². The number of nitrogens with zero attached hydrogens (tertiary/aromatic N) is 3. The molecule has 0 amide bonds. The molecule has 96 valence electrons. The monoisotopic (exact) mass is 265 g/mol. The zero-order valence-corrected chi connectivity index (χ0v) is 11.2. The number of anilines is 1. The maximum absolute atomic E-state index is 5.72. The van der Waals surface area contributed by atoms with Crippen LogP contribution in [0, 0.1) is 13.8 Å². The lowest BCUT2D eigenvalue weighted by Crippen LogP contribution is -2.39. The van der Waals surface area contributed by atoms with E-state index in [1.807, 2.05) is 26.0 Å². The first kappa shape index (κ1) is 11.7. The maximum Gasteiger partial charge on any atom is 0.205 e. The van der Waals surface area contributed by atoms with Gasteiger partial charge in [0.15, 0.2) is 0 Å². The van der Waals surface area contributed by atoms with Crippen molar-refractivity contribution in [3.8, 4) is 0 Å². The highest BCUT2D eigenvalue weighted by Crippen LogP contribution is 2.31. The molecule has 0 spiro atoms. The van der Waals surface area contributed by atoms with Crippen LogP contribution in [0.15, 0.2) is 16.5 Å². The molecule has 1 aliphatic heterocycles. The first-order valence-electron chi connectivity index (χ1n) is 5.95. The molecule has 0 N–H and O–H groups in total. The molecular formula is C12H15N3O2S. The molecule has 3 rings (SSSR count). The van der Waals surface area contributed by atoms with E-state index in [0.29, 0.717) is 6.61 Å². The van der Waals surface area contributed by atoms with Crippen molar-refractivity contribution in [3.05, 3.63) is 29.5 Å². The fraction of sp³-hybridized carbons (Fsp3) is 0.500. The average molecular weight is 265 g/mol. The molecule has 0 aliphatic carbocycles. The lowest BCUT2D eigenvalue weighted by atomic mass is 10.2. The molecule has 1 atom stereocenters. The maximum atomic E-state index is 5.72. The van der Waals surface area contributed by atoms with Gasteiger partial charge in [0, 0.05) is 18.1 Å². The van der Waals surface area contributed by atoms with Crippen LogP contribution >= 0.6 is 11.5 Å². The van der Waals surface area contributed by atoms with Crippen LogP contribution in [0.2, 0.25) is 0 Å². The summed E-state index contributed by atoms with van der Waals surface area (Å²) >= 11 is 1.43. The van der Waals surface area contributed by atoms with Gasteiger partial charge in [0.05, 0.1) is 13.2 Å². The number of furan rings is 1. The van der Waals surface area contributed by atoms with E-state index >= 15 is 0 Å². The van der Waals surface area contributed by atoms with Gasteiger partial charge in [-0.25, -0.2) is 4.98 Å². The van der Waals surface area contributed by atoms with E-state index in [1.54, 1.807) is 0 Å². The number of aromatic nitrogens is 2. The Morgan fingerprint density at radius 3 is 2.94 bits per heavy atom. The summed E-state index contributed by atoms with van der Waals surface area (Å²) in [5.41, 5.74) is 0. The summed E-state index contributed by atoms with van der Waals surface area (Å²) in [4.78, 5) is 6.67. The zero-order chi connectivity index (χ0) is 12.5. The van der Waals surface area contributed by atoms with Crippen LogP contribution in [0.1, 0.15) is 23.4 Å². The molecule has 5 nitrogen and oxygen atoms in total. The molecule has 1 aliphatic rings. The minimum absolute atomic E-state index is 0.0970. The first-order valence-corrected chi connectivity index (χ1v) is 6.72. The topological polar surface area (TPSA) is 51.4 Å². The van der Waals surface area contributed by atoms with Gasteiger partial charge in [-0.05, 0) is 26.0 Å². The van der Waals surface area contributed by atoms with Gasteiger partial charge in [0.25, 0.3) is 0 Å². The van der Waals surface area contributed by atoms with Crippen molar-refractivity contribution in [2.75, 3.05) is 24.7 Å². The fourth-order valence-corrected chi connectivity index (χ4v) is 2.85. The molecule has 1 unspecified atom stereocenters. The summed E-state index contributed by atoms with van der Waals surface area (Å²) in [6.07, 6.45) is 0. The van der Waals surface area contributed by atoms with E-state index in [0.717, 1.165) is 35.6 Å². The number of ether oxygens (including phenoxy) is 1. The molecule has 2 aromatic rings. The van der Waals surface area contributed by atoms with Crippen LogP contribution in [0.4, 0.5) is 5.13 Å². The summed E-state index contributed by atoms with van der Waals surface area (Å²) in [5.74, 6) is 2.67. The Balaban J connectivity index is 1.90. The number of morpholine rings is 1. The van der Waals surface area contributed by atoms with Crippen LogP contribution in [0.3, 0.4) is 0 Å². The highest BCUT2D eigenvalue weighted by Gasteiger charge is 2.29. The second-order valence-electron chi connectivity index (χ2n) is 4.36. The van der Waals surface area contributed by atoms with Crippen LogP contribution in [0.25, 0.3) is 0 Å². The molecule has 0 radical (unpaired) electrons. The molecule has 18 heavy (non-hydrogen) atoms. The Labute approximate surface area is 110 Å². The van der Waals surface area contributed by atoms with E-state index in [2.05, 4.69) is 14.3 Å². The molecule has 1 fully saturated rings. The van der Waals surface area contributed by atoms with Crippen molar-refractivity contribution in [3.63, 3.8) is 0 Å². The molecule has 0 bridgehead atoms. The third-order valence-corrected chi connectivity index (χ3v) is 3.83. The summed E-state index contributed by atoms with van der Waals surface area (Å²) in [5, 5.41) is 0.940. The number of hydrogen-bond acceptors (Lipinski definition) is 6. The largest absolute Gasteiger partial charge is 0.464 e. The Kier molecular flexibility index (Phi) is 3.05. The lowest BCUT2D eigenvalue weighted by Gasteiger charge is -2.33. The quantitative estimate of drug-likeness (QED) is 0.834. The van der Waals surface area contributed by atoms with Crippen molar-refractivity contribution >= 4 is 16.7 Å². The minimum Gasteiger partial charge on any atom is -0.464 e. The summed E-state index contributed by atoms with van der Waals surface area (Å²) in [6, 6.07) is 4.09. The number of aryl methyl sites for hydroxylation is 2. The van der Waals surface area contributed by atoms with Gasteiger partial charge in [-0.2, -0.15) is 4.37 Å². The van der Waals surface area contributed by atoms with Gasteiger partial charge in [0.2, 0.25) is 5.13 Å². The molecular weight excluding hydrogens is 250 g/mol. The Morgan fingerprint density at radius 1 is 1.39 bits per heavy atom. The predicted molar refractivity (Wildman–Crippen MR) is 69.0 cm³/mol. The SMILES string of the molecule is Cc1nsc(N2CCOCC2c2ccc(C)o2)n1. The third kappa shape index (κ3) is 2.13. The normalized spacial score (nSPS) is 20.3. The van der Waals surface area contributed by atoms with Crippen LogP contribution < -0.4 is 4.90 Å². The van der Waals surface area contributed by atoms with Gasteiger partial charge >= 0.3 is 0 Å². The van der Waals surface area contributed by atoms with Crippen molar-refractivity contribution in [2.45, 2.75) is 19.9 Å². The number of rotatable bonds is 2. The number of hydrogen-bond donors (Lipinski definition) is 0. The Morgan fingerprint density at radius 2 is 2.28 bits per heavy atom. The highest BCUT2D eigenvalue weighted by molar-refractivity contribution is 7.09. The molecule has 3 heterocycles. The molecule has 2 aromatic heterocycles. The van der Waals surface area contributed by atoms with Crippen molar-refractivity contribution < 1.29 is 9.15 Å². The van der Waals surface area contributed by atoms with Crippen LogP contribution in [0.5, 0.6) is 0 Å².